The van der Waals surface area contributed by atoms with E-state index in [2.05, 4.69) is 5.32 Å². The maximum Gasteiger partial charge on any atom is 0.234 e. The Bertz CT molecular complexity index is 365. The lowest BCUT2D eigenvalue weighted by Gasteiger charge is -2.47. The Hall–Kier alpha value is -0.850. The molecule has 0 spiro atoms. The van der Waals surface area contributed by atoms with Gasteiger partial charge in [-0.1, -0.05) is 0 Å². The van der Waals surface area contributed by atoms with Crippen molar-refractivity contribution in [2.75, 3.05) is 26.9 Å². The number of ether oxygens (including phenoxy) is 2. The fraction of sp³-hybridized carbons (Fsp3) is 0.917. The predicted octanol–water partition coefficient (Wildman–Crippen LogP) is -4.37. The molecule has 0 aromatic rings. The van der Waals surface area contributed by atoms with Crippen LogP contribution in [0.2, 0.25) is 0 Å². The van der Waals surface area contributed by atoms with Gasteiger partial charge < -0.3 is 46.1 Å². The summed E-state index contributed by atoms with van der Waals surface area (Å²) in [6.07, 6.45) is -5.94. The fourth-order valence-electron chi connectivity index (χ4n) is 2.36. The number of nitrogens with two attached hydrogens (primary N) is 1. The van der Waals surface area contributed by atoms with Crippen LogP contribution < -0.4 is 11.1 Å². The number of hydrogen-bond acceptors (Lipinski definition) is 9. The average Bonchev–Trinajstić information content (AvgIpc) is 2.54. The molecular weight excluding hydrogens is 300 g/mol. The summed E-state index contributed by atoms with van der Waals surface area (Å²) >= 11 is 0. The molecule has 1 heterocycles. The van der Waals surface area contributed by atoms with Crippen LogP contribution in [0, 0.1) is 0 Å². The molecule has 1 aliphatic rings. The summed E-state index contributed by atoms with van der Waals surface area (Å²) in [5, 5.41) is 50.6. The fourth-order valence-corrected chi connectivity index (χ4v) is 2.36. The van der Waals surface area contributed by atoms with E-state index < -0.39 is 55.4 Å². The lowest BCUT2D eigenvalue weighted by molar-refractivity contribution is -0.321. The molecule has 8 N–H and O–H groups in total. The molecule has 1 fully saturated rings. The Morgan fingerprint density at radius 1 is 1.50 bits per heavy atom. The van der Waals surface area contributed by atoms with Crippen LogP contribution in [0.3, 0.4) is 0 Å². The Kier molecular flexibility index (Phi) is 7.09. The minimum absolute atomic E-state index is 0.173. The molecular formula is C12H24N2O8. The van der Waals surface area contributed by atoms with Gasteiger partial charge >= 0.3 is 0 Å². The molecule has 0 bridgehead atoms. The zero-order valence-corrected chi connectivity index (χ0v) is 12.3. The molecule has 22 heavy (non-hydrogen) atoms. The van der Waals surface area contributed by atoms with Gasteiger partial charge in [0.05, 0.1) is 31.9 Å². The van der Waals surface area contributed by atoms with E-state index in [9.17, 15) is 25.2 Å². The molecule has 1 saturated heterocycles. The molecule has 130 valence electrons. The topological polar surface area (TPSA) is 175 Å². The summed E-state index contributed by atoms with van der Waals surface area (Å²) in [5.74, 6) is -2.19. The molecule has 1 rings (SSSR count). The van der Waals surface area contributed by atoms with E-state index in [0.29, 0.717) is 0 Å². The number of methoxy groups -OCH3 is 1. The van der Waals surface area contributed by atoms with E-state index in [0.717, 1.165) is 0 Å². The van der Waals surface area contributed by atoms with Crippen molar-refractivity contribution in [1.82, 2.24) is 5.32 Å². The van der Waals surface area contributed by atoms with Crippen molar-refractivity contribution in [1.29, 1.82) is 0 Å². The Balaban J connectivity index is 3.04. The molecule has 0 aromatic carbocycles. The number of nitrogens with one attached hydrogen (secondary N) is 1. The van der Waals surface area contributed by atoms with Gasteiger partial charge in [-0.05, 0) is 0 Å². The summed E-state index contributed by atoms with van der Waals surface area (Å²) in [6.45, 7) is -1.71. The van der Waals surface area contributed by atoms with Crippen molar-refractivity contribution in [3.05, 3.63) is 0 Å². The average molecular weight is 324 g/mol. The zero-order chi connectivity index (χ0) is 16.9. The van der Waals surface area contributed by atoms with Gasteiger partial charge in [-0.15, -0.1) is 0 Å². The standard InChI is InChI=1S/C12H24N2O8/c1-21-12(5-16)2-6(17)9(14-8(19)3-13)11(22-12)10(20)7(18)4-15/h6-7,9-11,15-18,20H,2-5,13H2,1H3,(H,14,19)/t6-,7+,9+,10+,11+,12-/m0/s1. The second-order valence-electron chi connectivity index (χ2n) is 5.16. The second kappa shape index (κ2) is 8.13. The molecule has 1 aliphatic heterocycles. The third-order valence-electron chi connectivity index (χ3n) is 3.68. The highest BCUT2D eigenvalue weighted by atomic mass is 16.7. The largest absolute Gasteiger partial charge is 0.394 e. The lowest BCUT2D eigenvalue weighted by Crippen LogP contribution is -2.67. The van der Waals surface area contributed by atoms with Gasteiger partial charge in [-0.2, -0.15) is 0 Å². The van der Waals surface area contributed by atoms with Crippen LogP contribution in [0.1, 0.15) is 6.42 Å². The Morgan fingerprint density at radius 2 is 2.14 bits per heavy atom. The van der Waals surface area contributed by atoms with Gasteiger partial charge in [0.2, 0.25) is 5.91 Å². The molecule has 10 heteroatoms. The lowest BCUT2D eigenvalue weighted by atomic mass is 9.88. The minimum Gasteiger partial charge on any atom is -0.394 e. The highest BCUT2D eigenvalue weighted by Crippen LogP contribution is 2.32. The van der Waals surface area contributed by atoms with E-state index in [1.165, 1.54) is 7.11 Å². The second-order valence-corrected chi connectivity index (χ2v) is 5.16. The zero-order valence-electron chi connectivity index (χ0n) is 12.3. The quantitative estimate of drug-likeness (QED) is 0.244. The number of hydrogen-bond donors (Lipinski definition) is 7. The molecule has 0 radical (unpaired) electrons. The monoisotopic (exact) mass is 324 g/mol. The number of aliphatic hydroxyl groups is 5. The molecule has 0 saturated carbocycles. The van der Waals surface area contributed by atoms with Gasteiger partial charge in [0, 0.05) is 13.5 Å². The van der Waals surface area contributed by atoms with Gasteiger partial charge in [0.25, 0.3) is 0 Å². The van der Waals surface area contributed by atoms with Crippen LogP contribution in [0.25, 0.3) is 0 Å². The van der Waals surface area contributed by atoms with Crippen molar-refractivity contribution < 1.29 is 39.8 Å². The summed E-state index contributed by atoms with van der Waals surface area (Å²) in [6, 6.07) is -1.10. The van der Waals surface area contributed by atoms with Crippen LogP contribution >= 0.6 is 0 Å². The molecule has 1 amide bonds. The van der Waals surface area contributed by atoms with E-state index >= 15 is 0 Å². The minimum atomic E-state index is -1.64. The maximum absolute atomic E-state index is 11.5. The summed E-state index contributed by atoms with van der Waals surface area (Å²) in [4.78, 5) is 11.5. The summed E-state index contributed by atoms with van der Waals surface area (Å²) < 4.78 is 10.5. The van der Waals surface area contributed by atoms with Gasteiger partial charge in [-0.25, -0.2) is 0 Å². The number of rotatable bonds is 7. The highest BCUT2D eigenvalue weighted by molar-refractivity contribution is 5.78. The third kappa shape index (κ3) is 4.12. The Morgan fingerprint density at radius 3 is 2.59 bits per heavy atom. The third-order valence-corrected chi connectivity index (χ3v) is 3.68. The predicted molar refractivity (Wildman–Crippen MR) is 72.4 cm³/mol. The normalized spacial score (nSPS) is 35.0. The molecule has 0 aromatic heterocycles. The first-order valence-corrected chi connectivity index (χ1v) is 6.82. The van der Waals surface area contributed by atoms with E-state index in [-0.39, 0.29) is 13.0 Å². The van der Waals surface area contributed by atoms with Crippen molar-refractivity contribution >= 4 is 5.91 Å². The summed E-state index contributed by atoms with van der Waals surface area (Å²) in [7, 11) is 1.24. The van der Waals surface area contributed by atoms with Crippen LogP contribution in [-0.2, 0) is 14.3 Å². The van der Waals surface area contributed by atoms with Crippen molar-refractivity contribution in [3.63, 3.8) is 0 Å². The first-order chi connectivity index (χ1) is 10.3. The molecule has 6 atom stereocenters. The van der Waals surface area contributed by atoms with Gasteiger partial charge in [0.15, 0.2) is 5.79 Å². The number of carbonyl (C=O) groups excluding carboxylic acids is 1. The van der Waals surface area contributed by atoms with Crippen molar-refractivity contribution in [3.8, 4) is 0 Å². The van der Waals surface area contributed by atoms with Crippen LogP contribution in [0.5, 0.6) is 0 Å². The number of aliphatic hydroxyl groups excluding tert-OH is 5. The van der Waals surface area contributed by atoms with Crippen LogP contribution in [-0.4, -0.2) is 94.6 Å². The van der Waals surface area contributed by atoms with E-state index in [4.69, 9.17) is 20.3 Å². The van der Waals surface area contributed by atoms with Crippen LogP contribution in [0.15, 0.2) is 0 Å². The van der Waals surface area contributed by atoms with E-state index in [1.54, 1.807) is 0 Å². The summed E-state index contributed by atoms with van der Waals surface area (Å²) in [5.41, 5.74) is 5.20. The number of carbonyl (C=O) groups is 1. The first kappa shape index (κ1) is 19.2. The molecule has 0 unspecified atom stereocenters. The SMILES string of the molecule is CO[C@@]1(CO)C[C@H](O)[C@@H](NC(=O)CN)[C@H]([C@H](O)[C@H](O)CO)O1. The van der Waals surface area contributed by atoms with Crippen molar-refractivity contribution in [2.45, 2.75) is 42.7 Å². The maximum atomic E-state index is 11.5. The van der Waals surface area contributed by atoms with E-state index in [1.807, 2.05) is 0 Å². The molecule has 10 nitrogen and oxygen atoms in total. The van der Waals surface area contributed by atoms with Gasteiger partial charge in [0.1, 0.15) is 18.3 Å². The molecule has 0 aliphatic carbocycles. The first-order valence-electron chi connectivity index (χ1n) is 6.82. The number of amides is 1. The highest BCUT2D eigenvalue weighted by Gasteiger charge is 2.50. The van der Waals surface area contributed by atoms with Crippen molar-refractivity contribution in [2.24, 2.45) is 5.73 Å². The van der Waals surface area contributed by atoms with Crippen LogP contribution in [0.4, 0.5) is 0 Å². The van der Waals surface area contributed by atoms with Gasteiger partial charge in [-0.3, -0.25) is 4.79 Å². The Labute approximate surface area is 127 Å². The smallest absolute Gasteiger partial charge is 0.234 e.